The van der Waals surface area contributed by atoms with Crippen molar-refractivity contribution >= 4 is 11.5 Å². The lowest BCUT2D eigenvalue weighted by Gasteiger charge is -2.27. The maximum absolute atomic E-state index is 4.80. The van der Waals surface area contributed by atoms with Crippen molar-refractivity contribution in [3.63, 3.8) is 0 Å². The predicted octanol–water partition coefficient (Wildman–Crippen LogP) is 2.68. The fourth-order valence-corrected chi connectivity index (χ4v) is 2.66. The number of anilines is 1. The van der Waals surface area contributed by atoms with Crippen LogP contribution in [0, 0.1) is 0 Å². The average molecular weight is 260 g/mol. The van der Waals surface area contributed by atoms with Crippen LogP contribution >= 0.6 is 0 Å². The van der Waals surface area contributed by atoms with E-state index in [1.807, 2.05) is 13.1 Å². The molecule has 0 radical (unpaired) electrons. The molecule has 0 amide bonds. The molecule has 0 spiro atoms. The molecule has 2 rings (SSSR count). The fourth-order valence-electron chi connectivity index (χ4n) is 2.66. The third-order valence-corrected chi connectivity index (χ3v) is 3.78. The molecule has 0 saturated heterocycles. The Morgan fingerprint density at radius 1 is 1.32 bits per heavy atom. The first-order chi connectivity index (χ1) is 9.22. The molecular formula is C15H24N4. The van der Waals surface area contributed by atoms with Crippen molar-refractivity contribution in [2.75, 3.05) is 19.0 Å². The van der Waals surface area contributed by atoms with Gasteiger partial charge in [-0.25, -0.2) is 4.98 Å². The Labute approximate surface area is 115 Å². The highest BCUT2D eigenvalue weighted by molar-refractivity contribution is 5.56. The van der Waals surface area contributed by atoms with Crippen LogP contribution in [-0.2, 0) is 6.54 Å². The van der Waals surface area contributed by atoms with Gasteiger partial charge in [-0.3, -0.25) is 0 Å². The Kier molecular flexibility index (Phi) is 4.43. The Hall–Kier alpha value is -1.55. The minimum Gasteiger partial charge on any atom is -0.355 e. The van der Waals surface area contributed by atoms with Crippen LogP contribution in [0.3, 0.4) is 0 Å². The number of hydrogen-bond donors (Lipinski definition) is 1. The van der Waals surface area contributed by atoms with E-state index in [-0.39, 0.29) is 0 Å². The standard InChI is InChI=1S/C15H24N4/c1-5-12(6-2)18(4)15-13(11-16-3)19-10-8-7-9-14(19)17-15/h7-10,12,16H,5-6,11H2,1-4H3. The number of nitrogens with zero attached hydrogens (tertiary/aromatic N) is 3. The van der Waals surface area contributed by atoms with Gasteiger partial charge >= 0.3 is 0 Å². The summed E-state index contributed by atoms with van der Waals surface area (Å²) >= 11 is 0. The monoisotopic (exact) mass is 260 g/mol. The van der Waals surface area contributed by atoms with Crippen molar-refractivity contribution in [1.82, 2.24) is 14.7 Å². The summed E-state index contributed by atoms with van der Waals surface area (Å²) < 4.78 is 2.17. The largest absolute Gasteiger partial charge is 0.355 e. The van der Waals surface area contributed by atoms with E-state index >= 15 is 0 Å². The summed E-state index contributed by atoms with van der Waals surface area (Å²) in [5.41, 5.74) is 2.24. The number of hydrogen-bond acceptors (Lipinski definition) is 3. The summed E-state index contributed by atoms with van der Waals surface area (Å²) in [6, 6.07) is 6.69. The fraction of sp³-hybridized carbons (Fsp3) is 0.533. The van der Waals surface area contributed by atoms with E-state index in [9.17, 15) is 0 Å². The zero-order chi connectivity index (χ0) is 13.8. The van der Waals surface area contributed by atoms with Crippen molar-refractivity contribution in [1.29, 1.82) is 0 Å². The molecule has 0 aliphatic heterocycles. The molecule has 0 saturated carbocycles. The first-order valence-corrected chi connectivity index (χ1v) is 7.06. The number of rotatable bonds is 6. The zero-order valence-corrected chi connectivity index (χ0v) is 12.3. The molecule has 2 heterocycles. The summed E-state index contributed by atoms with van der Waals surface area (Å²) in [5.74, 6) is 1.09. The molecule has 2 aromatic rings. The van der Waals surface area contributed by atoms with Gasteiger partial charge < -0.3 is 14.6 Å². The van der Waals surface area contributed by atoms with Crippen molar-refractivity contribution < 1.29 is 0 Å². The molecule has 0 aliphatic rings. The molecule has 0 aromatic carbocycles. The van der Waals surface area contributed by atoms with Crippen molar-refractivity contribution in [2.24, 2.45) is 0 Å². The predicted molar refractivity (Wildman–Crippen MR) is 80.7 cm³/mol. The number of nitrogens with one attached hydrogen (secondary N) is 1. The third kappa shape index (κ3) is 2.59. The zero-order valence-electron chi connectivity index (χ0n) is 12.3. The highest BCUT2D eigenvalue weighted by Crippen LogP contribution is 2.24. The first kappa shape index (κ1) is 13.9. The van der Waals surface area contributed by atoms with Crippen LogP contribution in [0.4, 0.5) is 5.82 Å². The second-order valence-electron chi connectivity index (χ2n) is 4.92. The number of pyridine rings is 1. The minimum atomic E-state index is 0.542. The summed E-state index contributed by atoms with van der Waals surface area (Å²) in [7, 11) is 4.13. The Balaban J connectivity index is 2.49. The van der Waals surface area contributed by atoms with Crippen LogP contribution in [0.25, 0.3) is 5.65 Å². The van der Waals surface area contributed by atoms with Gasteiger partial charge in [0, 0.05) is 25.8 Å². The van der Waals surface area contributed by atoms with Crippen LogP contribution < -0.4 is 10.2 Å². The molecule has 4 heteroatoms. The third-order valence-electron chi connectivity index (χ3n) is 3.78. The number of imidazole rings is 1. The van der Waals surface area contributed by atoms with Gasteiger partial charge in [-0.1, -0.05) is 19.9 Å². The highest BCUT2D eigenvalue weighted by Gasteiger charge is 2.19. The van der Waals surface area contributed by atoms with Gasteiger partial charge in [0.25, 0.3) is 0 Å². The van der Waals surface area contributed by atoms with Gasteiger partial charge in [0.2, 0.25) is 0 Å². The molecule has 0 unspecified atom stereocenters. The molecule has 19 heavy (non-hydrogen) atoms. The van der Waals surface area contributed by atoms with Crippen molar-refractivity contribution in [3.8, 4) is 0 Å². The Morgan fingerprint density at radius 2 is 2.05 bits per heavy atom. The molecule has 1 N–H and O–H groups in total. The topological polar surface area (TPSA) is 32.6 Å². The van der Waals surface area contributed by atoms with Crippen LogP contribution in [0.1, 0.15) is 32.4 Å². The quantitative estimate of drug-likeness (QED) is 0.866. The molecule has 4 nitrogen and oxygen atoms in total. The normalized spacial score (nSPS) is 11.4. The summed E-state index contributed by atoms with van der Waals surface area (Å²) in [6.45, 7) is 5.29. The van der Waals surface area contributed by atoms with E-state index in [4.69, 9.17) is 4.98 Å². The molecule has 2 aromatic heterocycles. The lowest BCUT2D eigenvalue weighted by molar-refractivity contribution is 0.584. The van der Waals surface area contributed by atoms with Gasteiger partial charge in [-0.15, -0.1) is 0 Å². The smallest absolute Gasteiger partial charge is 0.152 e. The van der Waals surface area contributed by atoms with Crippen molar-refractivity contribution in [3.05, 3.63) is 30.1 Å². The van der Waals surface area contributed by atoms with Crippen LogP contribution in [0.2, 0.25) is 0 Å². The van der Waals surface area contributed by atoms with Crippen LogP contribution in [-0.4, -0.2) is 29.5 Å². The second kappa shape index (κ2) is 6.06. The minimum absolute atomic E-state index is 0.542. The van der Waals surface area contributed by atoms with E-state index in [0.717, 1.165) is 30.9 Å². The summed E-state index contributed by atoms with van der Waals surface area (Å²) in [5, 5.41) is 3.24. The second-order valence-corrected chi connectivity index (χ2v) is 4.92. The van der Waals surface area contributed by atoms with E-state index in [0.29, 0.717) is 6.04 Å². The highest BCUT2D eigenvalue weighted by atomic mass is 15.2. The molecule has 0 atom stereocenters. The van der Waals surface area contributed by atoms with Gasteiger partial charge in [0.05, 0.1) is 5.69 Å². The Morgan fingerprint density at radius 3 is 2.68 bits per heavy atom. The molecule has 0 bridgehead atoms. The lowest BCUT2D eigenvalue weighted by atomic mass is 10.1. The number of fused-ring (bicyclic) bond motifs is 1. The first-order valence-electron chi connectivity index (χ1n) is 7.06. The Bertz CT molecular complexity index is 528. The molecule has 0 fully saturated rings. The van der Waals surface area contributed by atoms with E-state index in [1.165, 1.54) is 5.69 Å². The van der Waals surface area contributed by atoms with Crippen LogP contribution in [0.15, 0.2) is 24.4 Å². The summed E-state index contributed by atoms with van der Waals surface area (Å²) in [4.78, 5) is 7.12. The van der Waals surface area contributed by atoms with Gasteiger partial charge in [0.1, 0.15) is 5.65 Å². The lowest BCUT2D eigenvalue weighted by Crippen LogP contribution is -2.31. The average Bonchev–Trinajstić information content (AvgIpc) is 2.80. The van der Waals surface area contributed by atoms with E-state index in [1.54, 1.807) is 0 Å². The van der Waals surface area contributed by atoms with Crippen molar-refractivity contribution in [2.45, 2.75) is 39.3 Å². The van der Waals surface area contributed by atoms with Gasteiger partial charge in [-0.2, -0.15) is 0 Å². The number of aromatic nitrogens is 2. The molecule has 104 valence electrons. The maximum Gasteiger partial charge on any atom is 0.152 e. The summed E-state index contributed by atoms with van der Waals surface area (Å²) in [6.07, 6.45) is 4.36. The molecular weight excluding hydrogens is 236 g/mol. The molecule has 0 aliphatic carbocycles. The van der Waals surface area contributed by atoms with Crippen LogP contribution in [0.5, 0.6) is 0 Å². The van der Waals surface area contributed by atoms with Gasteiger partial charge in [0.15, 0.2) is 5.82 Å². The van der Waals surface area contributed by atoms with Gasteiger partial charge in [-0.05, 0) is 32.0 Å². The SMILES string of the molecule is CCC(CC)N(C)c1nc2ccccn2c1CNC. The maximum atomic E-state index is 4.80. The van der Waals surface area contributed by atoms with E-state index < -0.39 is 0 Å². The van der Waals surface area contributed by atoms with E-state index in [2.05, 4.69) is 53.8 Å².